The first-order valence-electron chi connectivity index (χ1n) is 4.25. The quantitative estimate of drug-likeness (QED) is 0.402. The summed E-state index contributed by atoms with van der Waals surface area (Å²) in [6.07, 6.45) is 1.34. The highest BCUT2D eigenvalue weighted by Gasteiger charge is 2.08. The molecule has 8 heteroatoms. The van der Waals surface area contributed by atoms with E-state index in [2.05, 4.69) is 14.9 Å². The van der Waals surface area contributed by atoms with Crippen LogP contribution in [0.25, 0.3) is 11.0 Å². The number of carbonyl (C=O) groups excluding carboxylic acids is 1. The van der Waals surface area contributed by atoms with Crippen LogP contribution in [0.5, 0.6) is 0 Å². The van der Waals surface area contributed by atoms with Crippen molar-refractivity contribution in [3.8, 4) is 0 Å². The molecule has 0 saturated heterocycles. The summed E-state index contributed by atoms with van der Waals surface area (Å²) in [5.41, 5.74) is 8.17. The lowest BCUT2D eigenvalue weighted by atomic mass is 10.2. The smallest absolute Gasteiger partial charge is 0.332 e. The molecule has 2 amide bonds. The first-order valence-corrected chi connectivity index (χ1v) is 4.25. The molecule has 0 saturated carbocycles. The predicted octanol–water partition coefficient (Wildman–Crippen LogP) is -0.537. The monoisotopic (exact) mass is 221 g/mol. The third-order valence-corrected chi connectivity index (χ3v) is 1.80. The fourth-order valence-corrected chi connectivity index (χ4v) is 1.14. The zero-order chi connectivity index (χ0) is 11.5. The largest absolute Gasteiger partial charge is 0.359 e. The number of fused-ring (bicyclic) bond motifs is 1. The van der Waals surface area contributed by atoms with Gasteiger partial charge in [0.15, 0.2) is 0 Å². The summed E-state index contributed by atoms with van der Waals surface area (Å²) in [5.74, 6) is 0. The Labute approximate surface area is 88.9 Å². The van der Waals surface area contributed by atoms with Crippen LogP contribution in [0.4, 0.5) is 4.79 Å². The molecule has 16 heavy (non-hydrogen) atoms. The normalized spacial score (nSPS) is 11.0. The van der Waals surface area contributed by atoms with E-state index >= 15 is 0 Å². The molecule has 0 aliphatic rings. The second-order valence-corrected chi connectivity index (χ2v) is 2.91. The number of nitrogens with zero attached hydrogens (tertiary/aromatic N) is 3. The van der Waals surface area contributed by atoms with Crippen LogP contribution in [-0.4, -0.2) is 17.4 Å². The molecule has 0 spiro atoms. The number of benzene rings is 1. The van der Waals surface area contributed by atoms with Crippen LogP contribution in [0.3, 0.4) is 0 Å². The van der Waals surface area contributed by atoms with E-state index in [0.717, 1.165) is 0 Å². The Hall–Kier alpha value is -2.64. The van der Waals surface area contributed by atoms with E-state index in [1.807, 2.05) is 5.43 Å². The number of hydrogen-bond acceptors (Lipinski definition) is 5. The van der Waals surface area contributed by atoms with Crippen molar-refractivity contribution in [3.05, 3.63) is 29.0 Å². The molecule has 8 nitrogen and oxygen atoms in total. The number of carbonyl (C=O) groups is 1. The second kappa shape index (κ2) is 3.85. The SMILES string of the molecule is NC(=O)N/N=C/c1ccc2no[n+]([O-])c2c1. The van der Waals surface area contributed by atoms with Gasteiger partial charge in [-0.3, -0.25) is 4.63 Å². The van der Waals surface area contributed by atoms with Gasteiger partial charge in [0, 0.05) is 11.2 Å². The minimum absolute atomic E-state index is 0.281. The van der Waals surface area contributed by atoms with Gasteiger partial charge in [-0.1, -0.05) is 0 Å². The molecular formula is C8H7N5O3. The number of urea groups is 1. The molecule has 1 aromatic carbocycles. The van der Waals surface area contributed by atoms with Gasteiger partial charge in [-0.15, -0.1) is 0 Å². The highest BCUT2D eigenvalue weighted by atomic mass is 16.8. The summed E-state index contributed by atoms with van der Waals surface area (Å²) in [6.45, 7) is 0. The molecule has 0 atom stereocenters. The van der Waals surface area contributed by atoms with Crippen molar-refractivity contribution in [2.75, 3.05) is 0 Å². The Morgan fingerprint density at radius 3 is 3.25 bits per heavy atom. The van der Waals surface area contributed by atoms with E-state index in [1.54, 1.807) is 12.1 Å². The molecule has 1 heterocycles. The van der Waals surface area contributed by atoms with Gasteiger partial charge in [0.2, 0.25) is 11.0 Å². The summed E-state index contributed by atoms with van der Waals surface area (Å²) in [7, 11) is 0. The lowest BCUT2D eigenvalue weighted by molar-refractivity contribution is -0.782. The number of hydrogen-bond donors (Lipinski definition) is 2. The number of nitrogens with one attached hydrogen (secondary N) is 1. The first kappa shape index (κ1) is 9.90. The zero-order valence-corrected chi connectivity index (χ0v) is 7.95. The molecule has 2 rings (SSSR count). The lowest BCUT2D eigenvalue weighted by Crippen LogP contribution is -2.24. The number of amides is 2. The zero-order valence-electron chi connectivity index (χ0n) is 7.95. The fraction of sp³-hybridized carbons (Fsp3) is 0. The molecule has 0 fully saturated rings. The highest BCUT2D eigenvalue weighted by molar-refractivity contribution is 5.86. The Kier molecular flexibility index (Phi) is 2.38. The molecule has 0 aliphatic heterocycles. The van der Waals surface area contributed by atoms with Gasteiger partial charge in [-0.05, 0) is 22.6 Å². The maximum atomic E-state index is 11.1. The van der Waals surface area contributed by atoms with E-state index in [-0.39, 0.29) is 10.4 Å². The van der Waals surface area contributed by atoms with E-state index in [1.165, 1.54) is 12.3 Å². The number of aromatic nitrogens is 2. The van der Waals surface area contributed by atoms with Crippen LogP contribution in [0, 0.1) is 5.21 Å². The summed E-state index contributed by atoms with van der Waals surface area (Å²) in [6, 6.07) is 4.02. The minimum Gasteiger partial charge on any atom is -0.359 e. The van der Waals surface area contributed by atoms with Gasteiger partial charge >= 0.3 is 6.03 Å². The third kappa shape index (κ3) is 1.90. The average Bonchev–Trinajstić information content (AvgIpc) is 2.60. The van der Waals surface area contributed by atoms with Crippen molar-refractivity contribution in [3.63, 3.8) is 0 Å². The van der Waals surface area contributed by atoms with Crippen molar-refractivity contribution in [2.45, 2.75) is 0 Å². The fourth-order valence-electron chi connectivity index (χ4n) is 1.14. The van der Waals surface area contributed by atoms with Crippen LogP contribution >= 0.6 is 0 Å². The molecule has 0 radical (unpaired) electrons. The van der Waals surface area contributed by atoms with Crippen LogP contribution < -0.4 is 16.1 Å². The van der Waals surface area contributed by atoms with Crippen LogP contribution in [0.2, 0.25) is 0 Å². The predicted molar refractivity (Wildman–Crippen MR) is 53.3 cm³/mol. The summed E-state index contributed by atoms with van der Waals surface area (Å²) in [4.78, 5) is 10.6. The topological polar surface area (TPSA) is 120 Å². The molecule has 0 bridgehead atoms. The van der Waals surface area contributed by atoms with Crippen molar-refractivity contribution in [2.24, 2.45) is 10.8 Å². The Morgan fingerprint density at radius 1 is 1.69 bits per heavy atom. The molecule has 0 unspecified atom stereocenters. The van der Waals surface area contributed by atoms with Crippen molar-refractivity contribution >= 4 is 23.3 Å². The van der Waals surface area contributed by atoms with E-state index < -0.39 is 6.03 Å². The molecule has 0 aliphatic carbocycles. The number of primary amides is 1. The van der Waals surface area contributed by atoms with E-state index in [0.29, 0.717) is 11.1 Å². The first-order chi connectivity index (χ1) is 7.66. The maximum absolute atomic E-state index is 11.1. The third-order valence-electron chi connectivity index (χ3n) is 1.80. The summed E-state index contributed by atoms with van der Waals surface area (Å²) < 4.78 is 4.39. The highest BCUT2D eigenvalue weighted by Crippen LogP contribution is 2.08. The van der Waals surface area contributed by atoms with Gasteiger partial charge in [0.25, 0.3) is 0 Å². The van der Waals surface area contributed by atoms with Gasteiger partial charge in [-0.2, -0.15) is 5.10 Å². The van der Waals surface area contributed by atoms with Crippen molar-refractivity contribution in [1.82, 2.24) is 10.6 Å². The van der Waals surface area contributed by atoms with Gasteiger partial charge in [-0.25, -0.2) is 10.2 Å². The Bertz CT molecular complexity index is 562. The Balaban J connectivity index is 2.28. The average molecular weight is 221 g/mol. The van der Waals surface area contributed by atoms with Gasteiger partial charge in [0.05, 0.1) is 6.21 Å². The lowest BCUT2D eigenvalue weighted by Gasteiger charge is -1.92. The van der Waals surface area contributed by atoms with Crippen LogP contribution in [-0.2, 0) is 0 Å². The Morgan fingerprint density at radius 2 is 2.50 bits per heavy atom. The minimum atomic E-state index is -0.763. The van der Waals surface area contributed by atoms with E-state index in [4.69, 9.17) is 5.73 Å². The molecule has 1 aromatic heterocycles. The van der Waals surface area contributed by atoms with Crippen LogP contribution in [0.1, 0.15) is 5.56 Å². The summed E-state index contributed by atoms with van der Waals surface area (Å²) >= 11 is 0. The van der Waals surface area contributed by atoms with Crippen molar-refractivity contribution in [1.29, 1.82) is 0 Å². The van der Waals surface area contributed by atoms with Gasteiger partial charge < -0.3 is 10.9 Å². The van der Waals surface area contributed by atoms with Gasteiger partial charge in [0.1, 0.15) is 0 Å². The van der Waals surface area contributed by atoms with Crippen molar-refractivity contribution < 1.29 is 14.3 Å². The molecular weight excluding hydrogens is 214 g/mol. The maximum Gasteiger partial charge on any atom is 0.332 e. The number of nitrogens with two attached hydrogens (primary N) is 1. The van der Waals surface area contributed by atoms with Crippen LogP contribution in [0.15, 0.2) is 27.9 Å². The number of rotatable bonds is 2. The van der Waals surface area contributed by atoms with E-state index in [9.17, 15) is 10.0 Å². The number of hydrazone groups is 1. The standard InChI is InChI=1S/C8H7N5O3/c9-8(14)11-10-4-5-1-2-6-7(3-5)13(15)16-12-6/h1-4H,(H3,9,11,14)/b10-4+. The molecule has 3 N–H and O–H groups in total. The second-order valence-electron chi connectivity index (χ2n) is 2.91. The summed E-state index contributed by atoms with van der Waals surface area (Å²) in [5, 5.41) is 18.1. The molecule has 2 aromatic rings. The molecule has 82 valence electrons.